The zero-order valence-electron chi connectivity index (χ0n) is 41.2. The van der Waals surface area contributed by atoms with Crippen LogP contribution in [0.5, 0.6) is 11.5 Å². The minimum absolute atomic E-state index is 0.162. The number of rotatable bonds is 36. The molecule has 0 radical (unpaired) electrons. The van der Waals surface area contributed by atoms with E-state index in [1.54, 1.807) is 36.0 Å². The number of unbranched alkanes of at least 4 members (excludes halogenated alkanes) is 26. The molecule has 2 amide bonds. The summed E-state index contributed by atoms with van der Waals surface area (Å²) in [7, 11) is 0. The topological polar surface area (TPSA) is 117 Å². The minimum atomic E-state index is -0.484. The van der Waals surface area contributed by atoms with Gasteiger partial charge >= 0.3 is 12.2 Å². The fourth-order valence-corrected chi connectivity index (χ4v) is 9.56. The lowest BCUT2D eigenvalue weighted by molar-refractivity contribution is 0.158. The number of ether oxygens (including phenoxy) is 2. The number of carbonyl (C=O) groups excluding carboxylic acids is 2. The van der Waals surface area contributed by atoms with Crippen molar-refractivity contribution in [2.45, 2.75) is 203 Å². The summed E-state index contributed by atoms with van der Waals surface area (Å²) >= 11 is 1.55. The van der Waals surface area contributed by atoms with Gasteiger partial charge in [0.05, 0.1) is 13.2 Å². The maximum atomic E-state index is 12.9. The predicted octanol–water partition coefficient (Wildman–Crippen LogP) is 18.6. The van der Waals surface area contributed by atoms with Crippen molar-refractivity contribution in [3.05, 3.63) is 84.9 Å². The highest BCUT2D eigenvalue weighted by Crippen LogP contribution is 2.43. The van der Waals surface area contributed by atoms with Crippen LogP contribution < -0.4 is 10.6 Å². The minimum Gasteiger partial charge on any atom is -0.508 e. The lowest BCUT2D eigenvalue weighted by Crippen LogP contribution is -2.14. The van der Waals surface area contributed by atoms with E-state index in [1.807, 2.05) is 60.7 Å². The van der Waals surface area contributed by atoms with Gasteiger partial charge in [0.15, 0.2) is 0 Å². The molecule has 0 fully saturated rings. The molecule has 0 atom stereocenters. The number of benzene rings is 4. The molecule has 0 aliphatic carbocycles. The van der Waals surface area contributed by atoms with Gasteiger partial charge in [0.1, 0.15) is 11.5 Å². The number of aromatic hydroxyl groups is 2. The second-order valence-electron chi connectivity index (χ2n) is 18.3. The van der Waals surface area contributed by atoms with E-state index in [-0.39, 0.29) is 11.5 Å². The van der Waals surface area contributed by atoms with Gasteiger partial charge in [0.25, 0.3) is 0 Å². The molecule has 0 bridgehead atoms. The van der Waals surface area contributed by atoms with Gasteiger partial charge < -0.3 is 19.7 Å². The van der Waals surface area contributed by atoms with Crippen LogP contribution in [0.4, 0.5) is 21.0 Å². The summed E-state index contributed by atoms with van der Waals surface area (Å²) in [4.78, 5) is 27.6. The maximum Gasteiger partial charge on any atom is 0.411 e. The second kappa shape index (κ2) is 34.6. The van der Waals surface area contributed by atoms with Crippen LogP contribution in [0.15, 0.2) is 94.7 Å². The van der Waals surface area contributed by atoms with Crippen LogP contribution in [0, 0.1) is 0 Å². The van der Waals surface area contributed by atoms with Crippen molar-refractivity contribution in [3.8, 4) is 33.8 Å². The molecule has 0 aromatic heterocycles. The van der Waals surface area contributed by atoms with Crippen molar-refractivity contribution in [2.24, 2.45) is 0 Å². The van der Waals surface area contributed by atoms with Crippen LogP contribution in [0.1, 0.15) is 194 Å². The maximum absolute atomic E-state index is 12.9. The Morgan fingerprint density at radius 1 is 0.403 bits per heavy atom. The highest BCUT2D eigenvalue weighted by atomic mass is 32.2. The van der Waals surface area contributed by atoms with Crippen molar-refractivity contribution >= 4 is 35.3 Å². The van der Waals surface area contributed by atoms with E-state index < -0.39 is 12.2 Å². The third kappa shape index (κ3) is 23.8. The van der Waals surface area contributed by atoms with Crippen molar-refractivity contribution < 1.29 is 29.3 Å². The summed E-state index contributed by atoms with van der Waals surface area (Å²) in [6.07, 6.45) is 34.7. The number of nitrogens with one attached hydrogen (secondary N) is 2. The Balaban J connectivity index is 1.26. The molecule has 0 unspecified atom stereocenters. The van der Waals surface area contributed by atoms with Gasteiger partial charge in [-0.25, -0.2) is 9.59 Å². The smallest absolute Gasteiger partial charge is 0.411 e. The molecule has 368 valence electrons. The fraction of sp³-hybridized carbons (Fsp3) is 0.552. The Bertz CT molecular complexity index is 1800. The predicted molar refractivity (Wildman–Crippen MR) is 282 cm³/mol. The summed E-state index contributed by atoms with van der Waals surface area (Å²) in [6.45, 7) is 5.29. The molecule has 9 heteroatoms. The molecule has 4 rings (SSSR count). The third-order valence-corrected chi connectivity index (χ3v) is 13.6. The van der Waals surface area contributed by atoms with E-state index in [4.69, 9.17) is 9.47 Å². The van der Waals surface area contributed by atoms with E-state index in [0.717, 1.165) is 70.6 Å². The Morgan fingerprint density at radius 3 is 0.985 bits per heavy atom. The fourth-order valence-electron chi connectivity index (χ4n) is 8.48. The van der Waals surface area contributed by atoms with Crippen molar-refractivity contribution in [1.29, 1.82) is 0 Å². The first-order valence-electron chi connectivity index (χ1n) is 26.3. The molecule has 67 heavy (non-hydrogen) atoms. The highest BCUT2D eigenvalue weighted by molar-refractivity contribution is 7.99. The van der Waals surface area contributed by atoms with E-state index in [2.05, 4.69) is 24.5 Å². The SMILES string of the molecule is CCCCCCCCCCCCCCCCOC(=O)Nc1ccc(Sc2ccc(NC(=O)OCCCCCCCCCCCCCCCC)cc2-c2ccc(O)cc2)c(-c2ccc(O)cc2)c1. The van der Waals surface area contributed by atoms with E-state index in [0.29, 0.717) is 24.6 Å². The summed E-state index contributed by atoms with van der Waals surface area (Å²) < 4.78 is 11.1. The number of carbonyl (C=O) groups is 2. The summed E-state index contributed by atoms with van der Waals surface area (Å²) in [5, 5.41) is 26.0. The average Bonchev–Trinajstić information content (AvgIpc) is 3.33. The van der Waals surface area contributed by atoms with Gasteiger partial charge in [-0.1, -0.05) is 217 Å². The number of hydrogen-bond donors (Lipinski definition) is 4. The number of phenolic OH excluding ortho intramolecular Hbond substituents is 2. The molecule has 0 aliphatic heterocycles. The molecule has 0 saturated heterocycles. The molecule has 0 heterocycles. The molecule has 4 aromatic rings. The van der Waals surface area contributed by atoms with E-state index in [1.165, 1.54) is 141 Å². The van der Waals surface area contributed by atoms with Gasteiger partial charge in [-0.2, -0.15) is 0 Å². The molecule has 8 nitrogen and oxygen atoms in total. The normalized spacial score (nSPS) is 11.1. The Hall–Kier alpha value is -4.63. The van der Waals surface area contributed by atoms with Crippen LogP contribution in [0.3, 0.4) is 0 Å². The summed E-state index contributed by atoms with van der Waals surface area (Å²) in [5.74, 6) is 0.324. The molecule has 0 saturated carbocycles. The monoisotopic (exact) mass is 937 g/mol. The summed E-state index contributed by atoms with van der Waals surface area (Å²) in [5.41, 5.74) is 4.66. The number of anilines is 2. The number of amides is 2. The molecule has 0 aliphatic rings. The van der Waals surface area contributed by atoms with Crippen LogP contribution in [0.25, 0.3) is 22.3 Å². The first-order chi connectivity index (χ1) is 32.9. The largest absolute Gasteiger partial charge is 0.508 e. The lowest BCUT2D eigenvalue weighted by atomic mass is 10.0. The Morgan fingerprint density at radius 2 is 0.687 bits per heavy atom. The zero-order valence-corrected chi connectivity index (χ0v) is 42.0. The third-order valence-electron chi connectivity index (χ3n) is 12.5. The average molecular weight is 937 g/mol. The molecule has 4 aromatic carbocycles. The van der Waals surface area contributed by atoms with Crippen molar-refractivity contribution in [1.82, 2.24) is 0 Å². The van der Waals surface area contributed by atoms with Crippen LogP contribution >= 0.6 is 11.8 Å². The zero-order chi connectivity index (χ0) is 47.6. The Kier molecular flexibility index (Phi) is 28.4. The lowest BCUT2D eigenvalue weighted by Gasteiger charge is -2.16. The van der Waals surface area contributed by atoms with Crippen LogP contribution in [0.2, 0.25) is 0 Å². The molecular weight excluding hydrogens is 853 g/mol. The van der Waals surface area contributed by atoms with Gasteiger partial charge in [-0.15, -0.1) is 0 Å². The standard InChI is InChI=1S/C58H84N2O6S/c1-3-5-7-9-11-13-15-17-19-21-23-25-27-29-43-65-57(63)59-49-35-41-55(53(45-49)47-31-37-51(61)38-32-47)67-56-42-36-50(46-54(56)48-33-39-52(62)40-34-48)60-58(64)66-44-30-28-26-24-22-20-18-16-14-12-10-8-6-4-2/h31-42,45-46,61-62H,3-30,43-44H2,1-2H3,(H,59,63)(H,60,64). The second-order valence-corrected chi connectivity index (χ2v) is 19.4. The number of hydrogen-bond acceptors (Lipinski definition) is 7. The van der Waals surface area contributed by atoms with Crippen molar-refractivity contribution in [2.75, 3.05) is 23.8 Å². The van der Waals surface area contributed by atoms with Gasteiger partial charge in [0.2, 0.25) is 0 Å². The van der Waals surface area contributed by atoms with Crippen LogP contribution in [-0.2, 0) is 9.47 Å². The quantitative estimate of drug-likeness (QED) is 0.0336. The van der Waals surface area contributed by atoms with Gasteiger partial charge in [-0.3, -0.25) is 10.6 Å². The highest BCUT2D eigenvalue weighted by Gasteiger charge is 2.16. The molecule has 0 spiro atoms. The first kappa shape index (κ1) is 55.0. The molecular formula is C58H84N2O6S. The van der Waals surface area contributed by atoms with Crippen LogP contribution in [-0.4, -0.2) is 35.6 Å². The van der Waals surface area contributed by atoms with E-state index in [9.17, 15) is 19.8 Å². The summed E-state index contributed by atoms with van der Waals surface area (Å²) in [6, 6.07) is 25.5. The van der Waals surface area contributed by atoms with Crippen molar-refractivity contribution in [3.63, 3.8) is 0 Å². The Labute approximate surface area is 408 Å². The van der Waals surface area contributed by atoms with Gasteiger partial charge in [-0.05, 0) is 95.8 Å². The number of phenols is 2. The molecule has 4 N–H and O–H groups in total. The first-order valence-corrected chi connectivity index (χ1v) is 27.1. The van der Waals surface area contributed by atoms with Gasteiger partial charge in [0, 0.05) is 21.2 Å². The van der Waals surface area contributed by atoms with E-state index >= 15 is 0 Å².